The number of fused-ring (bicyclic) bond motifs is 1. The van der Waals surface area contributed by atoms with Crippen LogP contribution in [0.4, 0.5) is 8.78 Å². The van der Waals surface area contributed by atoms with Crippen molar-refractivity contribution in [1.82, 2.24) is 4.72 Å². The first kappa shape index (κ1) is 13.8. The van der Waals surface area contributed by atoms with Gasteiger partial charge in [0.15, 0.2) is 0 Å². The van der Waals surface area contributed by atoms with E-state index >= 15 is 0 Å². The van der Waals surface area contributed by atoms with E-state index in [-0.39, 0.29) is 6.04 Å². The molecule has 2 rings (SSSR count). The first-order valence-electron chi connectivity index (χ1n) is 5.95. The zero-order valence-corrected chi connectivity index (χ0v) is 11.5. The Balaban J connectivity index is 2.22. The van der Waals surface area contributed by atoms with Crippen LogP contribution < -0.4 is 4.72 Å². The molecule has 1 aromatic carbocycles. The van der Waals surface area contributed by atoms with Gasteiger partial charge in [-0.2, -0.15) is 0 Å². The van der Waals surface area contributed by atoms with E-state index < -0.39 is 27.7 Å². The number of benzene rings is 1. The third kappa shape index (κ3) is 2.68. The maximum absolute atomic E-state index is 13.6. The van der Waals surface area contributed by atoms with Crippen molar-refractivity contribution in [2.24, 2.45) is 0 Å². The van der Waals surface area contributed by atoms with Crippen LogP contribution >= 0.6 is 0 Å². The van der Waals surface area contributed by atoms with Gasteiger partial charge < -0.3 is 4.55 Å². The van der Waals surface area contributed by atoms with E-state index in [4.69, 9.17) is 0 Å². The van der Waals surface area contributed by atoms with Crippen LogP contribution in [0.15, 0.2) is 12.1 Å². The number of rotatable bonds is 2. The van der Waals surface area contributed by atoms with Crippen molar-refractivity contribution in [3.05, 3.63) is 34.9 Å². The van der Waals surface area contributed by atoms with E-state index in [1.807, 2.05) is 20.8 Å². The molecule has 0 saturated heterocycles. The lowest BCUT2D eigenvalue weighted by Crippen LogP contribution is -2.40. The van der Waals surface area contributed by atoms with E-state index in [0.29, 0.717) is 24.0 Å². The molecule has 5 heteroatoms. The third-order valence-electron chi connectivity index (χ3n) is 3.06. The molecule has 0 bridgehead atoms. The maximum Gasteiger partial charge on any atom is 0.136 e. The van der Waals surface area contributed by atoms with Gasteiger partial charge in [-0.25, -0.2) is 8.78 Å². The van der Waals surface area contributed by atoms with Crippen molar-refractivity contribution in [1.29, 1.82) is 0 Å². The fourth-order valence-electron chi connectivity index (χ4n) is 2.07. The van der Waals surface area contributed by atoms with Gasteiger partial charge in [0.05, 0.1) is 6.04 Å². The lowest BCUT2D eigenvalue weighted by atomic mass is 10.1. The highest BCUT2D eigenvalue weighted by molar-refractivity contribution is 7.90. The van der Waals surface area contributed by atoms with Crippen LogP contribution in [-0.2, 0) is 17.8 Å². The summed E-state index contributed by atoms with van der Waals surface area (Å²) in [5.41, 5.74) is 1.14. The van der Waals surface area contributed by atoms with Crippen LogP contribution in [-0.4, -0.2) is 9.30 Å². The zero-order valence-electron chi connectivity index (χ0n) is 10.7. The number of hydrogen-bond donors (Lipinski definition) is 1. The molecule has 0 aliphatic heterocycles. The Bertz CT molecular complexity index is 459. The van der Waals surface area contributed by atoms with Crippen LogP contribution in [0, 0.1) is 11.6 Å². The van der Waals surface area contributed by atoms with Crippen molar-refractivity contribution >= 4 is 11.4 Å². The second-order valence-corrected chi connectivity index (χ2v) is 7.54. The smallest absolute Gasteiger partial charge is 0.136 e. The van der Waals surface area contributed by atoms with E-state index in [9.17, 15) is 13.3 Å². The molecule has 2 atom stereocenters. The van der Waals surface area contributed by atoms with E-state index in [1.165, 1.54) is 6.07 Å². The molecule has 0 heterocycles. The third-order valence-corrected chi connectivity index (χ3v) is 4.67. The van der Waals surface area contributed by atoms with Gasteiger partial charge in [-0.05, 0) is 50.8 Å². The Morgan fingerprint density at radius 1 is 1.33 bits per heavy atom. The average molecular weight is 273 g/mol. The topological polar surface area (TPSA) is 35.1 Å². The summed E-state index contributed by atoms with van der Waals surface area (Å²) in [6, 6.07) is 2.01. The lowest BCUT2D eigenvalue weighted by Gasteiger charge is -2.26. The SMILES string of the molecule is CC(C)(C)[S@+]([O-])NC1CCc2c(F)cc(F)cc21. The van der Waals surface area contributed by atoms with Crippen LogP contribution in [0.5, 0.6) is 0 Å². The van der Waals surface area contributed by atoms with Gasteiger partial charge in [-0.3, -0.25) is 0 Å². The van der Waals surface area contributed by atoms with Gasteiger partial charge in [-0.15, -0.1) is 4.72 Å². The summed E-state index contributed by atoms with van der Waals surface area (Å²) in [5.74, 6) is -1.09. The van der Waals surface area contributed by atoms with Gasteiger partial charge in [0.1, 0.15) is 16.4 Å². The van der Waals surface area contributed by atoms with Crippen molar-refractivity contribution in [3.63, 3.8) is 0 Å². The summed E-state index contributed by atoms with van der Waals surface area (Å²) in [6.07, 6.45) is 1.21. The Morgan fingerprint density at radius 3 is 2.61 bits per heavy atom. The van der Waals surface area contributed by atoms with Crippen molar-refractivity contribution in [2.75, 3.05) is 0 Å². The molecule has 2 nitrogen and oxygen atoms in total. The standard InChI is InChI=1S/C13H17F2NOS/c1-13(2,3)18(17)16-12-5-4-9-10(12)6-8(14)7-11(9)15/h6-7,12,16H,4-5H2,1-3H3/t12?,18-/m0/s1. The van der Waals surface area contributed by atoms with Crippen molar-refractivity contribution in [3.8, 4) is 0 Å². The first-order chi connectivity index (χ1) is 8.29. The summed E-state index contributed by atoms with van der Waals surface area (Å²) in [5, 5.41) is 0. The molecule has 0 aromatic heterocycles. The van der Waals surface area contributed by atoms with Gasteiger partial charge in [0, 0.05) is 17.4 Å². The molecule has 18 heavy (non-hydrogen) atoms. The first-order valence-corrected chi connectivity index (χ1v) is 7.10. The fraction of sp³-hybridized carbons (Fsp3) is 0.538. The predicted octanol–water partition coefficient (Wildman–Crippen LogP) is 3.00. The molecule has 100 valence electrons. The molecule has 1 aromatic rings. The summed E-state index contributed by atoms with van der Waals surface area (Å²) in [6.45, 7) is 5.58. The highest BCUT2D eigenvalue weighted by Gasteiger charge is 2.34. The summed E-state index contributed by atoms with van der Waals surface area (Å²) < 4.78 is 41.4. The van der Waals surface area contributed by atoms with Gasteiger partial charge in [0.25, 0.3) is 0 Å². The normalized spacial score (nSPS) is 20.9. The molecule has 1 unspecified atom stereocenters. The minimum Gasteiger partial charge on any atom is -0.598 e. The Kier molecular flexibility index (Phi) is 3.67. The maximum atomic E-state index is 13.6. The molecule has 1 N–H and O–H groups in total. The molecule has 1 aliphatic carbocycles. The molecular weight excluding hydrogens is 256 g/mol. The zero-order chi connectivity index (χ0) is 13.5. The molecule has 0 spiro atoms. The monoisotopic (exact) mass is 273 g/mol. The number of hydrogen-bond acceptors (Lipinski definition) is 2. The lowest BCUT2D eigenvalue weighted by molar-refractivity contribution is 0.521. The Hall–Kier alpha value is -0.650. The predicted molar refractivity (Wildman–Crippen MR) is 68.5 cm³/mol. The second kappa shape index (κ2) is 4.79. The minimum atomic E-state index is -1.24. The van der Waals surface area contributed by atoms with Gasteiger partial charge in [0.2, 0.25) is 0 Å². The van der Waals surface area contributed by atoms with Crippen LogP contribution in [0.3, 0.4) is 0 Å². The van der Waals surface area contributed by atoms with Crippen LogP contribution in [0.25, 0.3) is 0 Å². The summed E-state index contributed by atoms with van der Waals surface area (Å²) >= 11 is -1.24. The van der Waals surface area contributed by atoms with Crippen LogP contribution in [0.2, 0.25) is 0 Å². The number of halogens is 2. The summed E-state index contributed by atoms with van der Waals surface area (Å²) in [4.78, 5) is 0. The minimum absolute atomic E-state index is 0.231. The highest BCUT2D eigenvalue weighted by Crippen LogP contribution is 2.34. The average Bonchev–Trinajstić information content (AvgIpc) is 2.60. The Morgan fingerprint density at radius 2 is 2.00 bits per heavy atom. The van der Waals surface area contributed by atoms with E-state index in [2.05, 4.69) is 4.72 Å². The summed E-state index contributed by atoms with van der Waals surface area (Å²) in [7, 11) is 0. The number of nitrogens with one attached hydrogen (secondary N) is 1. The van der Waals surface area contributed by atoms with Crippen LogP contribution in [0.1, 0.15) is 44.4 Å². The fourth-order valence-corrected chi connectivity index (χ4v) is 2.93. The van der Waals surface area contributed by atoms with Crippen molar-refractivity contribution < 1.29 is 13.3 Å². The molecule has 1 aliphatic rings. The van der Waals surface area contributed by atoms with E-state index in [0.717, 1.165) is 6.07 Å². The highest BCUT2D eigenvalue weighted by atomic mass is 32.2. The molecule has 0 fully saturated rings. The Labute approximate surface area is 109 Å². The molecule has 0 saturated carbocycles. The van der Waals surface area contributed by atoms with Crippen molar-refractivity contribution in [2.45, 2.75) is 44.4 Å². The molecule has 0 radical (unpaired) electrons. The second-order valence-electron chi connectivity index (χ2n) is 5.55. The largest absolute Gasteiger partial charge is 0.598 e. The molecular formula is C13H17F2NOS. The van der Waals surface area contributed by atoms with Gasteiger partial charge >= 0.3 is 0 Å². The van der Waals surface area contributed by atoms with Gasteiger partial charge in [-0.1, -0.05) is 0 Å². The van der Waals surface area contributed by atoms with E-state index in [1.54, 1.807) is 0 Å². The quantitative estimate of drug-likeness (QED) is 0.841. The molecule has 0 amide bonds.